The zero-order valence-electron chi connectivity index (χ0n) is 12.8. The van der Waals surface area contributed by atoms with Gasteiger partial charge in [-0.05, 0) is 45.8 Å². The van der Waals surface area contributed by atoms with E-state index < -0.39 is 0 Å². The van der Waals surface area contributed by atoms with Gasteiger partial charge in [0.25, 0.3) is 0 Å². The number of hydrazine groups is 1. The maximum Gasteiger partial charge on any atom is 0.237 e. The number of likely N-dealkylation sites (tertiary alicyclic amines) is 1. The number of hydrogen-bond acceptors (Lipinski definition) is 4. The quantitative estimate of drug-likeness (QED) is 0.492. The first-order valence-corrected chi connectivity index (χ1v) is 7.57. The molecule has 0 radical (unpaired) electrons. The molecule has 0 spiro atoms. The van der Waals surface area contributed by atoms with E-state index in [0.29, 0.717) is 0 Å². The summed E-state index contributed by atoms with van der Waals surface area (Å²) in [7, 11) is 0. The number of rotatable bonds is 5. The van der Waals surface area contributed by atoms with Crippen molar-refractivity contribution < 1.29 is 9.53 Å². The molecule has 5 nitrogen and oxygen atoms in total. The molecule has 1 amide bonds. The maximum atomic E-state index is 11.5. The van der Waals surface area contributed by atoms with E-state index in [1.165, 1.54) is 5.56 Å². The zero-order chi connectivity index (χ0) is 15.2. The summed E-state index contributed by atoms with van der Waals surface area (Å²) in [4.78, 5) is 13.9. The highest BCUT2D eigenvalue weighted by molar-refractivity contribution is 5.78. The molecule has 1 aromatic rings. The van der Waals surface area contributed by atoms with Gasteiger partial charge in [0.2, 0.25) is 5.91 Å². The zero-order valence-corrected chi connectivity index (χ0v) is 12.8. The second-order valence-corrected chi connectivity index (χ2v) is 5.83. The van der Waals surface area contributed by atoms with Gasteiger partial charge in [0.1, 0.15) is 5.75 Å². The van der Waals surface area contributed by atoms with Crippen molar-refractivity contribution in [3.05, 3.63) is 29.8 Å². The van der Waals surface area contributed by atoms with E-state index in [0.717, 1.165) is 38.2 Å². The average Bonchev–Trinajstić information content (AvgIpc) is 2.49. The molecule has 0 aromatic heterocycles. The van der Waals surface area contributed by atoms with Crippen LogP contribution in [0.1, 0.15) is 32.3 Å². The summed E-state index contributed by atoms with van der Waals surface area (Å²) in [5.74, 6) is 6.16. The van der Waals surface area contributed by atoms with Crippen molar-refractivity contribution in [2.75, 3.05) is 13.1 Å². The van der Waals surface area contributed by atoms with Gasteiger partial charge in [-0.25, -0.2) is 5.84 Å². The lowest BCUT2D eigenvalue weighted by atomic mass is 9.96. The molecule has 116 valence electrons. The molecule has 0 aliphatic carbocycles. The molecular weight excluding hydrogens is 266 g/mol. The Morgan fingerprint density at radius 3 is 2.67 bits per heavy atom. The fourth-order valence-corrected chi connectivity index (χ4v) is 2.72. The van der Waals surface area contributed by atoms with Crippen LogP contribution < -0.4 is 16.0 Å². The number of hydrogen-bond donors (Lipinski definition) is 2. The maximum absolute atomic E-state index is 11.5. The van der Waals surface area contributed by atoms with Crippen LogP contribution in [0, 0.1) is 5.92 Å². The van der Waals surface area contributed by atoms with E-state index in [-0.39, 0.29) is 17.9 Å². The Morgan fingerprint density at radius 1 is 1.38 bits per heavy atom. The lowest BCUT2D eigenvalue weighted by Crippen LogP contribution is -2.42. The number of nitrogens with zero attached hydrogens (tertiary/aromatic N) is 1. The van der Waals surface area contributed by atoms with Gasteiger partial charge in [0.05, 0.1) is 6.10 Å². The van der Waals surface area contributed by atoms with E-state index >= 15 is 0 Å². The predicted molar refractivity (Wildman–Crippen MR) is 82.5 cm³/mol. The second-order valence-electron chi connectivity index (χ2n) is 5.83. The van der Waals surface area contributed by atoms with Crippen molar-refractivity contribution in [1.82, 2.24) is 10.3 Å². The first-order chi connectivity index (χ1) is 10.1. The van der Waals surface area contributed by atoms with Crippen molar-refractivity contribution >= 4 is 5.91 Å². The fraction of sp³-hybridized carbons (Fsp3) is 0.562. The molecule has 1 aliphatic heterocycles. The third kappa shape index (κ3) is 4.44. The number of benzene rings is 1. The third-order valence-corrected chi connectivity index (χ3v) is 3.83. The van der Waals surface area contributed by atoms with Gasteiger partial charge in [0, 0.05) is 18.0 Å². The smallest absolute Gasteiger partial charge is 0.237 e. The van der Waals surface area contributed by atoms with Crippen LogP contribution in [-0.4, -0.2) is 30.0 Å². The van der Waals surface area contributed by atoms with Gasteiger partial charge >= 0.3 is 0 Å². The molecule has 0 saturated carbocycles. The van der Waals surface area contributed by atoms with Crippen LogP contribution in [0.2, 0.25) is 0 Å². The summed E-state index contributed by atoms with van der Waals surface area (Å²) in [5, 5.41) is 0. The largest absolute Gasteiger partial charge is 0.491 e. The molecule has 0 atom stereocenters. The normalized spacial score (nSPS) is 17.0. The summed E-state index contributed by atoms with van der Waals surface area (Å²) in [5.41, 5.74) is 3.45. The Morgan fingerprint density at radius 2 is 2.05 bits per heavy atom. The summed E-state index contributed by atoms with van der Waals surface area (Å²) in [6.45, 7) is 6.75. The van der Waals surface area contributed by atoms with Crippen LogP contribution in [0.4, 0.5) is 0 Å². The minimum Gasteiger partial charge on any atom is -0.491 e. The van der Waals surface area contributed by atoms with Crippen LogP contribution >= 0.6 is 0 Å². The van der Waals surface area contributed by atoms with Gasteiger partial charge in [-0.2, -0.15) is 0 Å². The Balaban J connectivity index is 1.93. The molecule has 0 unspecified atom stereocenters. The molecule has 1 aliphatic rings. The number of para-hydroxylation sites is 1. The van der Waals surface area contributed by atoms with Crippen LogP contribution in [0.15, 0.2) is 24.3 Å². The SMILES string of the molecule is CC(C)Oc1ccccc1CN1CCC(C(=O)NN)CC1. The Bertz CT molecular complexity index is 468. The van der Waals surface area contributed by atoms with Gasteiger partial charge in [-0.15, -0.1) is 0 Å². The minimum atomic E-state index is -0.0433. The number of carbonyl (C=O) groups excluding carboxylic acids is 1. The molecular formula is C16H25N3O2. The molecule has 0 bridgehead atoms. The lowest BCUT2D eigenvalue weighted by Gasteiger charge is -2.31. The lowest BCUT2D eigenvalue weighted by molar-refractivity contribution is -0.126. The molecule has 1 saturated heterocycles. The van der Waals surface area contributed by atoms with Crippen molar-refractivity contribution in [2.45, 2.75) is 39.3 Å². The topological polar surface area (TPSA) is 67.6 Å². The molecule has 21 heavy (non-hydrogen) atoms. The van der Waals surface area contributed by atoms with Crippen LogP contribution in [0.25, 0.3) is 0 Å². The average molecular weight is 291 g/mol. The van der Waals surface area contributed by atoms with E-state index in [1.807, 2.05) is 32.0 Å². The van der Waals surface area contributed by atoms with E-state index in [9.17, 15) is 4.79 Å². The molecule has 5 heteroatoms. The number of nitrogens with two attached hydrogens (primary N) is 1. The van der Waals surface area contributed by atoms with Crippen LogP contribution in [0.3, 0.4) is 0 Å². The summed E-state index contributed by atoms with van der Waals surface area (Å²) in [6, 6.07) is 8.16. The number of piperidine rings is 1. The van der Waals surface area contributed by atoms with E-state index in [4.69, 9.17) is 10.6 Å². The highest BCUT2D eigenvalue weighted by Crippen LogP contribution is 2.24. The molecule has 1 aromatic carbocycles. The summed E-state index contributed by atoms with van der Waals surface area (Å²) in [6.07, 6.45) is 1.89. The van der Waals surface area contributed by atoms with Crippen molar-refractivity contribution in [3.8, 4) is 5.75 Å². The van der Waals surface area contributed by atoms with Crippen molar-refractivity contribution in [1.29, 1.82) is 0 Å². The molecule has 2 rings (SSSR count). The summed E-state index contributed by atoms with van der Waals surface area (Å²) >= 11 is 0. The molecule has 1 heterocycles. The van der Waals surface area contributed by atoms with Gasteiger partial charge < -0.3 is 4.74 Å². The van der Waals surface area contributed by atoms with E-state index in [1.54, 1.807) is 0 Å². The second kappa shape index (κ2) is 7.43. The van der Waals surface area contributed by atoms with Crippen LogP contribution in [0.5, 0.6) is 5.75 Å². The van der Waals surface area contributed by atoms with Crippen LogP contribution in [-0.2, 0) is 11.3 Å². The first-order valence-electron chi connectivity index (χ1n) is 7.57. The monoisotopic (exact) mass is 291 g/mol. The standard InChI is InChI=1S/C16H25N3O2/c1-12(2)21-15-6-4-3-5-14(15)11-19-9-7-13(8-10-19)16(20)18-17/h3-6,12-13H,7-11,17H2,1-2H3,(H,18,20). The number of carbonyl (C=O) groups is 1. The first kappa shape index (κ1) is 15.8. The molecule has 1 fully saturated rings. The predicted octanol–water partition coefficient (Wildman–Crippen LogP) is 1.68. The van der Waals surface area contributed by atoms with Crippen molar-refractivity contribution in [3.63, 3.8) is 0 Å². The van der Waals surface area contributed by atoms with Gasteiger partial charge in [-0.1, -0.05) is 18.2 Å². The van der Waals surface area contributed by atoms with Gasteiger partial charge in [0.15, 0.2) is 0 Å². The Hall–Kier alpha value is -1.59. The number of amides is 1. The van der Waals surface area contributed by atoms with Crippen molar-refractivity contribution in [2.24, 2.45) is 11.8 Å². The third-order valence-electron chi connectivity index (χ3n) is 3.83. The Labute approximate surface area is 126 Å². The van der Waals surface area contributed by atoms with Gasteiger partial charge in [-0.3, -0.25) is 15.1 Å². The van der Waals surface area contributed by atoms with E-state index in [2.05, 4.69) is 16.4 Å². The number of nitrogens with one attached hydrogen (secondary N) is 1. The minimum absolute atomic E-state index is 0.0433. The fourth-order valence-electron chi connectivity index (χ4n) is 2.72. The number of ether oxygens (including phenoxy) is 1. The summed E-state index contributed by atoms with van der Waals surface area (Å²) < 4.78 is 5.86. The highest BCUT2D eigenvalue weighted by atomic mass is 16.5. The Kier molecular flexibility index (Phi) is 5.59. The highest BCUT2D eigenvalue weighted by Gasteiger charge is 2.24. The molecule has 3 N–H and O–H groups in total.